The highest BCUT2D eigenvalue weighted by atomic mass is 16.5. The Labute approximate surface area is 132 Å². The maximum absolute atomic E-state index is 11.5. The number of hydrogen-bond donors (Lipinski definition) is 1. The monoisotopic (exact) mass is 316 g/mol. The second-order valence-electron chi connectivity index (χ2n) is 4.65. The largest absolute Gasteiger partial charge is 0.507 e. The molecule has 0 saturated heterocycles. The summed E-state index contributed by atoms with van der Waals surface area (Å²) in [5.74, 6) is -1.15. The Morgan fingerprint density at radius 1 is 0.957 bits per heavy atom. The fourth-order valence-corrected chi connectivity index (χ4v) is 2.10. The third-order valence-electron chi connectivity index (χ3n) is 3.29. The van der Waals surface area contributed by atoms with Crippen LogP contribution in [0, 0.1) is 0 Å². The van der Waals surface area contributed by atoms with Crippen molar-refractivity contribution in [1.82, 2.24) is 0 Å². The van der Waals surface area contributed by atoms with Crippen LogP contribution in [0.15, 0.2) is 36.4 Å². The van der Waals surface area contributed by atoms with Crippen LogP contribution in [-0.2, 0) is 14.3 Å². The summed E-state index contributed by atoms with van der Waals surface area (Å²) in [5.41, 5.74) is 0.391. The number of benzene rings is 2. The Morgan fingerprint density at radius 2 is 1.57 bits per heavy atom. The van der Waals surface area contributed by atoms with Crippen LogP contribution in [0.25, 0.3) is 16.5 Å². The third-order valence-corrected chi connectivity index (χ3v) is 3.29. The number of methoxy groups -OCH3 is 3. The lowest BCUT2D eigenvalue weighted by atomic mass is 10.0. The van der Waals surface area contributed by atoms with Gasteiger partial charge in [-0.2, -0.15) is 0 Å². The molecule has 0 aliphatic carbocycles. The molecule has 0 aromatic heterocycles. The number of aliphatic hydroxyl groups is 1. The molecule has 2 aromatic carbocycles. The third kappa shape index (κ3) is 3.42. The van der Waals surface area contributed by atoms with Crippen LogP contribution in [0.4, 0.5) is 0 Å². The van der Waals surface area contributed by atoms with E-state index < -0.39 is 11.8 Å². The van der Waals surface area contributed by atoms with Crippen molar-refractivity contribution in [1.29, 1.82) is 0 Å². The minimum Gasteiger partial charge on any atom is -0.507 e. The van der Waals surface area contributed by atoms with Gasteiger partial charge in [-0.25, -0.2) is 4.79 Å². The van der Waals surface area contributed by atoms with Crippen LogP contribution < -0.4 is 9.47 Å². The average Bonchev–Trinajstić information content (AvgIpc) is 2.58. The van der Waals surface area contributed by atoms with Gasteiger partial charge in [0.25, 0.3) is 5.78 Å². The van der Waals surface area contributed by atoms with Crippen molar-refractivity contribution < 1.29 is 28.9 Å². The number of ether oxygens (including phenoxy) is 3. The number of rotatable bonds is 5. The number of ketones is 1. The second-order valence-corrected chi connectivity index (χ2v) is 4.65. The molecule has 0 aliphatic rings. The van der Waals surface area contributed by atoms with Crippen LogP contribution in [0.5, 0.6) is 11.5 Å². The van der Waals surface area contributed by atoms with Crippen LogP contribution in [0.3, 0.4) is 0 Å². The number of carbonyl (C=O) groups is 2. The highest BCUT2D eigenvalue weighted by molar-refractivity contribution is 6.39. The van der Waals surface area contributed by atoms with E-state index in [4.69, 9.17) is 9.47 Å². The molecule has 120 valence electrons. The van der Waals surface area contributed by atoms with E-state index in [-0.39, 0.29) is 5.76 Å². The van der Waals surface area contributed by atoms with Gasteiger partial charge in [-0.3, -0.25) is 4.79 Å². The second kappa shape index (κ2) is 6.83. The standard InChI is InChI=1S/C17H16O6/c1-21-15-7-10-4-5-11(6-12(10)8-16(15)22-2)13(18)9-14(19)17(20)23-3/h4-9,18H,1-3H3/b13-9-. The fraction of sp³-hybridized carbons (Fsp3) is 0.176. The molecule has 0 spiro atoms. The molecule has 6 heteroatoms. The van der Waals surface area contributed by atoms with Gasteiger partial charge in [0.15, 0.2) is 11.5 Å². The SMILES string of the molecule is COC(=O)C(=O)/C=C(\O)c1ccc2cc(OC)c(OC)cc2c1. The van der Waals surface area contributed by atoms with Gasteiger partial charge in [-0.15, -0.1) is 0 Å². The molecule has 0 unspecified atom stereocenters. The molecule has 0 saturated carbocycles. The Bertz CT molecular complexity index is 791. The number of hydrogen-bond acceptors (Lipinski definition) is 6. The summed E-state index contributed by atoms with van der Waals surface area (Å²) in [6, 6.07) is 8.63. The van der Waals surface area contributed by atoms with E-state index in [1.807, 2.05) is 0 Å². The molecular formula is C17H16O6. The van der Waals surface area contributed by atoms with E-state index in [9.17, 15) is 14.7 Å². The first-order valence-electron chi connectivity index (χ1n) is 6.69. The smallest absolute Gasteiger partial charge is 0.378 e. The van der Waals surface area contributed by atoms with E-state index in [1.165, 1.54) is 7.11 Å². The summed E-state index contributed by atoms with van der Waals surface area (Å²) in [6.45, 7) is 0. The number of aliphatic hydroxyl groups excluding tert-OH is 1. The highest BCUT2D eigenvalue weighted by Gasteiger charge is 2.13. The van der Waals surface area contributed by atoms with Gasteiger partial charge in [-0.1, -0.05) is 12.1 Å². The molecule has 2 aromatic rings. The van der Waals surface area contributed by atoms with Gasteiger partial charge in [-0.05, 0) is 29.0 Å². The van der Waals surface area contributed by atoms with Crippen LogP contribution in [0.2, 0.25) is 0 Å². The molecule has 0 atom stereocenters. The Balaban J connectivity index is 2.45. The summed E-state index contributed by atoms with van der Waals surface area (Å²) < 4.78 is 14.8. The average molecular weight is 316 g/mol. The lowest BCUT2D eigenvalue weighted by Gasteiger charge is -2.10. The van der Waals surface area contributed by atoms with E-state index in [0.29, 0.717) is 17.1 Å². The first-order valence-corrected chi connectivity index (χ1v) is 6.69. The van der Waals surface area contributed by atoms with Crippen molar-refractivity contribution in [2.24, 2.45) is 0 Å². The highest BCUT2D eigenvalue weighted by Crippen LogP contribution is 2.33. The van der Waals surface area contributed by atoms with Crippen molar-refractivity contribution in [3.8, 4) is 11.5 Å². The molecule has 0 fully saturated rings. The van der Waals surface area contributed by atoms with Crippen molar-refractivity contribution in [3.05, 3.63) is 42.0 Å². The fourth-order valence-electron chi connectivity index (χ4n) is 2.10. The van der Waals surface area contributed by atoms with E-state index >= 15 is 0 Å². The zero-order chi connectivity index (χ0) is 17.0. The zero-order valence-corrected chi connectivity index (χ0v) is 13.0. The summed E-state index contributed by atoms with van der Waals surface area (Å²) in [4.78, 5) is 22.5. The van der Waals surface area contributed by atoms with Crippen LogP contribution >= 0.6 is 0 Å². The molecular weight excluding hydrogens is 300 g/mol. The lowest BCUT2D eigenvalue weighted by Crippen LogP contribution is -2.13. The molecule has 0 amide bonds. The predicted molar refractivity (Wildman–Crippen MR) is 84.7 cm³/mol. The molecule has 23 heavy (non-hydrogen) atoms. The van der Waals surface area contributed by atoms with Crippen LogP contribution in [0.1, 0.15) is 5.56 Å². The van der Waals surface area contributed by atoms with Gasteiger partial charge < -0.3 is 19.3 Å². The number of carbonyl (C=O) groups excluding carboxylic acids is 2. The first-order chi connectivity index (χ1) is 11.0. The number of esters is 1. The van der Waals surface area contributed by atoms with E-state index in [2.05, 4.69) is 4.74 Å². The van der Waals surface area contributed by atoms with Crippen molar-refractivity contribution >= 4 is 28.3 Å². The van der Waals surface area contributed by atoms with E-state index in [0.717, 1.165) is 24.0 Å². The number of fused-ring (bicyclic) bond motifs is 1. The van der Waals surface area contributed by atoms with Gasteiger partial charge in [0, 0.05) is 11.6 Å². The summed E-state index contributed by atoms with van der Waals surface area (Å²) >= 11 is 0. The molecule has 0 heterocycles. The summed E-state index contributed by atoms with van der Waals surface area (Å²) in [5, 5.41) is 11.7. The zero-order valence-electron chi connectivity index (χ0n) is 13.0. The van der Waals surface area contributed by atoms with E-state index in [1.54, 1.807) is 37.4 Å². The molecule has 6 nitrogen and oxygen atoms in total. The minimum absolute atomic E-state index is 0.322. The minimum atomic E-state index is -1.04. The Kier molecular flexibility index (Phi) is 4.85. The van der Waals surface area contributed by atoms with Crippen molar-refractivity contribution in [2.75, 3.05) is 21.3 Å². The quantitative estimate of drug-likeness (QED) is 0.395. The molecule has 0 bridgehead atoms. The van der Waals surface area contributed by atoms with Gasteiger partial charge in [0.2, 0.25) is 0 Å². The van der Waals surface area contributed by atoms with Gasteiger partial charge >= 0.3 is 5.97 Å². The normalized spacial score (nSPS) is 11.2. The van der Waals surface area contributed by atoms with Crippen LogP contribution in [-0.4, -0.2) is 38.2 Å². The van der Waals surface area contributed by atoms with Gasteiger partial charge in [0.1, 0.15) is 5.76 Å². The van der Waals surface area contributed by atoms with Crippen molar-refractivity contribution in [3.63, 3.8) is 0 Å². The Morgan fingerprint density at radius 3 is 2.13 bits per heavy atom. The van der Waals surface area contributed by atoms with Gasteiger partial charge in [0.05, 0.1) is 21.3 Å². The molecule has 2 rings (SSSR count). The molecule has 0 radical (unpaired) electrons. The lowest BCUT2D eigenvalue weighted by molar-refractivity contribution is -0.149. The maximum atomic E-state index is 11.5. The maximum Gasteiger partial charge on any atom is 0.378 e. The molecule has 0 aliphatic heterocycles. The summed E-state index contributed by atoms with van der Waals surface area (Å²) in [6.07, 6.45) is 0.827. The van der Waals surface area contributed by atoms with Crippen molar-refractivity contribution in [2.45, 2.75) is 0 Å². The molecule has 1 N–H and O–H groups in total. The predicted octanol–water partition coefficient (Wildman–Crippen LogP) is 2.50. The Hall–Kier alpha value is -3.02. The summed E-state index contributed by atoms with van der Waals surface area (Å²) in [7, 11) is 4.17. The first kappa shape index (κ1) is 16.4. The topological polar surface area (TPSA) is 82.1 Å².